The Morgan fingerprint density at radius 3 is 2.96 bits per heavy atom. The van der Waals surface area contributed by atoms with Crippen molar-refractivity contribution < 1.29 is 19.0 Å². The van der Waals surface area contributed by atoms with E-state index in [-0.39, 0.29) is 5.82 Å². The van der Waals surface area contributed by atoms with Crippen LogP contribution in [0.1, 0.15) is 12.0 Å². The maximum atomic E-state index is 13.3. The van der Waals surface area contributed by atoms with Crippen LogP contribution in [0.5, 0.6) is 0 Å². The highest BCUT2D eigenvalue weighted by atomic mass is 19.1. The van der Waals surface area contributed by atoms with Gasteiger partial charge < -0.3 is 15.2 Å². The average Bonchev–Trinajstić information content (AvgIpc) is 2.96. The summed E-state index contributed by atoms with van der Waals surface area (Å²) in [6.45, 7) is 4.62. The molecule has 6 nitrogen and oxygen atoms in total. The summed E-state index contributed by atoms with van der Waals surface area (Å²) in [5.41, 5.74) is 2.34. The summed E-state index contributed by atoms with van der Waals surface area (Å²) in [6, 6.07) is 3.80. The van der Waals surface area contributed by atoms with Gasteiger partial charge in [0.2, 0.25) is 0 Å². The molecule has 2 aliphatic rings. The van der Waals surface area contributed by atoms with Gasteiger partial charge in [-0.2, -0.15) is 0 Å². The number of aliphatic carboxylic acids is 1. The molecule has 1 aromatic carbocycles. The van der Waals surface area contributed by atoms with Crippen LogP contribution in [-0.2, 0) is 16.0 Å². The first-order chi connectivity index (χ1) is 11.6. The number of ether oxygens (including phenoxy) is 1. The number of halogens is 1. The molecule has 0 amide bonds. The summed E-state index contributed by atoms with van der Waals surface area (Å²) in [5.74, 6) is -1.18. The van der Waals surface area contributed by atoms with E-state index in [0.717, 1.165) is 49.8 Å². The Morgan fingerprint density at radius 1 is 1.42 bits per heavy atom. The Bertz CT molecular complexity index is 630. The third kappa shape index (κ3) is 4.37. The van der Waals surface area contributed by atoms with Gasteiger partial charge in [-0.25, -0.2) is 4.39 Å². The van der Waals surface area contributed by atoms with Gasteiger partial charge in [0.25, 0.3) is 0 Å². The first-order valence-corrected chi connectivity index (χ1v) is 8.23. The van der Waals surface area contributed by atoms with Crippen LogP contribution in [0.4, 0.5) is 10.1 Å². The van der Waals surface area contributed by atoms with Gasteiger partial charge in [-0.05, 0) is 23.8 Å². The smallest absolute Gasteiger partial charge is 0.321 e. The topological polar surface area (TPSA) is 74.2 Å². The second-order valence-electron chi connectivity index (χ2n) is 6.13. The Morgan fingerprint density at radius 2 is 2.21 bits per heavy atom. The van der Waals surface area contributed by atoms with Crippen molar-refractivity contribution in [1.82, 2.24) is 10.2 Å². The summed E-state index contributed by atoms with van der Waals surface area (Å²) in [6.07, 6.45) is 0.844. The van der Waals surface area contributed by atoms with Gasteiger partial charge in [0.15, 0.2) is 0 Å². The number of carbonyl (C=O) groups is 1. The van der Waals surface area contributed by atoms with Crippen LogP contribution in [-0.4, -0.2) is 67.1 Å². The molecule has 0 saturated carbocycles. The molecule has 0 bridgehead atoms. The summed E-state index contributed by atoms with van der Waals surface area (Å²) >= 11 is 0. The first kappa shape index (κ1) is 17.0. The normalized spacial score (nSPS) is 19.0. The van der Waals surface area contributed by atoms with Crippen LogP contribution in [0.3, 0.4) is 0 Å². The van der Waals surface area contributed by atoms with Crippen molar-refractivity contribution in [3.05, 3.63) is 29.6 Å². The number of benzene rings is 1. The molecule has 1 aromatic rings. The van der Waals surface area contributed by atoms with Gasteiger partial charge in [0.05, 0.1) is 18.9 Å². The Labute approximate surface area is 140 Å². The van der Waals surface area contributed by atoms with Crippen molar-refractivity contribution >= 4 is 17.4 Å². The third-order valence-electron chi connectivity index (χ3n) is 4.37. The molecule has 130 valence electrons. The van der Waals surface area contributed by atoms with E-state index in [9.17, 15) is 14.3 Å². The van der Waals surface area contributed by atoms with E-state index in [2.05, 4.69) is 15.2 Å². The van der Waals surface area contributed by atoms with E-state index < -0.39 is 12.0 Å². The molecule has 2 N–H and O–H groups in total. The number of nitrogens with one attached hydrogen (secondary N) is 1. The molecule has 0 radical (unpaired) electrons. The van der Waals surface area contributed by atoms with Crippen molar-refractivity contribution in [2.45, 2.75) is 18.9 Å². The Balaban J connectivity index is 1.50. The van der Waals surface area contributed by atoms with E-state index in [4.69, 9.17) is 4.74 Å². The minimum Gasteiger partial charge on any atom is -0.480 e. The number of carboxylic acid groups (broad SMARTS) is 1. The van der Waals surface area contributed by atoms with Crippen molar-refractivity contribution in [2.24, 2.45) is 4.99 Å². The largest absolute Gasteiger partial charge is 0.480 e. The number of hydrogen-bond acceptors (Lipinski definition) is 5. The maximum absolute atomic E-state index is 13.3. The van der Waals surface area contributed by atoms with Crippen LogP contribution < -0.4 is 5.32 Å². The molecule has 7 heteroatoms. The lowest BCUT2D eigenvalue weighted by molar-refractivity contribution is -0.139. The highest BCUT2D eigenvalue weighted by molar-refractivity contribution is 5.96. The molecule has 1 atom stereocenters. The van der Waals surface area contributed by atoms with E-state index >= 15 is 0 Å². The molecule has 1 saturated heterocycles. The van der Waals surface area contributed by atoms with Gasteiger partial charge in [-0.3, -0.25) is 14.7 Å². The van der Waals surface area contributed by atoms with Crippen molar-refractivity contribution in [2.75, 3.05) is 39.4 Å². The number of aliphatic imine (C=N–C) groups is 1. The highest BCUT2D eigenvalue weighted by Gasteiger charge is 2.23. The van der Waals surface area contributed by atoms with E-state index in [1.54, 1.807) is 6.07 Å². The molecule has 0 aliphatic carbocycles. The number of nitrogens with zero attached hydrogens (tertiary/aromatic N) is 2. The predicted octanol–water partition coefficient (Wildman–Crippen LogP) is 1.22. The number of carboxylic acids is 1. The summed E-state index contributed by atoms with van der Waals surface area (Å²) < 4.78 is 18.5. The molecule has 0 aromatic heterocycles. The van der Waals surface area contributed by atoms with Gasteiger partial charge in [-0.1, -0.05) is 0 Å². The quantitative estimate of drug-likeness (QED) is 0.784. The second-order valence-corrected chi connectivity index (χ2v) is 6.13. The van der Waals surface area contributed by atoms with E-state index in [1.807, 2.05) is 0 Å². The van der Waals surface area contributed by atoms with Crippen LogP contribution in [0.15, 0.2) is 23.2 Å². The molecular weight excluding hydrogens is 313 g/mol. The highest BCUT2D eigenvalue weighted by Crippen LogP contribution is 2.28. The van der Waals surface area contributed by atoms with Gasteiger partial charge in [0, 0.05) is 44.7 Å². The van der Waals surface area contributed by atoms with Crippen LogP contribution in [0.25, 0.3) is 0 Å². The van der Waals surface area contributed by atoms with Crippen molar-refractivity contribution in [1.29, 1.82) is 0 Å². The fraction of sp³-hybridized carbons (Fsp3) is 0.529. The monoisotopic (exact) mass is 335 g/mol. The van der Waals surface area contributed by atoms with E-state index in [1.165, 1.54) is 12.1 Å². The number of hydrogen-bond donors (Lipinski definition) is 2. The van der Waals surface area contributed by atoms with Crippen molar-refractivity contribution in [3.8, 4) is 0 Å². The molecule has 2 heterocycles. The summed E-state index contributed by atoms with van der Waals surface area (Å²) in [4.78, 5) is 18.2. The van der Waals surface area contributed by atoms with Gasteiger partial charge in [0.1, 0.15) is 11.9 Å². The third-order valence-corrected chi connectivity index (χ3v) is 4.37. The molecular formula is C17H22FN3O3. The fourth-order valence-electron chi connectivity index (χ4n) is 3.06. The zero-order chi connectivity index (χ0) is 16.9. The maximum Gasteiger partial charge on any atom is 0.321 e. The second kappa shape index (κ2) is 7.83. The Hall–Kier alpha value is -1.83. The minimum atomic E-state index is -0.887. The first-order valence-electron chi connectivity index (χ1n) is 8.23. The number of morpholine rings is 1. The number of fused-ring (bicyclic) bond motifs is 1. The van der Waals surface area contributed by atoms with E-state index in [0.29, 0.717) is 19.4 Å². The van der Waals surface area contributed by atoms with Crippen LogP contribution in [0.2, 0.25) is 0 Å². The lowest BCUT2D eigenvalue weighted by atomic mass is 10.0. The SMILES string of the molecule is O=C(O)[C@@H](CC1=Nc2ccc(F)cc2C1)NCCN1CCOCC1. The molecule has 2 aliphatic heterocycles. The predicted molar refractivity (Wildman–Crippen MR) is 88.5 cm³/mol. The lowest BCUT2D eigenvalue weighted by Crippen LogP contribution is -2.45. The standard InChI is InChI=1S/C17H22FN3O3/c18-13-1-2-15-12(9-13)10-14(20-15)11-16(17(22)23)19-3-4-21-5-7-24-8-6-21/h1-2,9,16,19H,3-8,10-11H2,(H,22,23)/t16-/m1/s1. The van der Waals surface area contributed by atoms with Gasteiger partial charge in [-0.15, -0.1) is 0 Å². The average molecular weight is 335 g/mol. The van der Waals surface area contributed by atoms with Gasteiger partial charge >= 0.3 is 5.97 Å². The zero-order valence-corrected chi connectivity index (χ0v) is 13.5. The number of rotatable bonds is 7. The summed E-state index contributed by atoms with van der Waals surface area (Å²) in [5, 5.41) is 12.5. The zero-order valence-electron chi connectivity index (χ0n) is 13.5. The molecule has 0 unspecified atom stereocenters. The van der Waals surface area contributed by atoms with Crippen LogP contribution >= 0.6 is 0 Å². The fourth-order valence-corrected chi connectivity index (χ4v) is 3.06. The van der Waals surface area contributed by atoms with Crippen molar-refractivity contribution in [3.63, 3.8) is 0 Å². The lowest BCUT2D eigenvalue weighted by Gasteiger charge is -2.27. The molecule has 24 heavy (non-hydrogen) atoms. The van der Waals surface area contributed by atoms with Crippen LogP contribution in [0, 0.1) is 5.82 Å². The molecule has 1 fully saturated rings. The summed E-state index contributed by atoms with van der Waals surface area (Å²) in [7, 11) is 0. The molecule has 3 rings (SSSR count). The molecule has 0 spiro atoms. The Kier molecular flexibility index (Phi) is 5.55. The minimum absolute atomic E-state index is 0.288.